The lowest BCUT2D eigenvalue weighted by Gasteiger charge is -2.43. The normalized spacial score (nSPS) is 18.4. The number of methoxy groups -OCH3 is 1. The number of hydrogen-bond donors (Lipinski definition) is 1. The molecular formula is C44H64O7Si2. The summed E-state index contributed by atoms with van der Waals surface area (Å²) in [7, 11) is -3.26. The third-order valence-electron chi connectivity index (χ3n) is 11.0. The lowest BCUT2D eigenvalue weighted by Crippen LogP contribution is -2.66. The molecule has 3 aromatic carbocycles. The lowest BCUT2D eigenvalue weighted by molar-refractivity contribution is -0.139. The molecule has 0 amide bonds. The highest BCUT2D eigenvalue weighted by Crippen LogP contribution is 2.40. The van der Waals surface area contributed by atoms with Crippen LogP contribution in [-0.2, 0) is 29.7 Å². The molecule has 1 saturated heterocycles. The standard InChI is InChI=1S/C44H64O7Si2/c1-33-27-37(50-38(28-33)30-39(31-42(45)46)51-52(9,10)43(2,3)4)29-36(48-32-34-21-23-35(47-8)24-22-34)25-26-49-53(44(5,6)7,40-17-13-11-14-18-40)41-19-15-12-16-20-41/h11-24,36-39H,1,25-32H2,2-10H3,(H,45,46). The zero-order chi connectivity index (χ0) is 38.9. The van der Waals surface area contributed by atoms with E-state index in [2.05, 4.69) is 122 Å². The molecule has 53 heavy (non-hydrogen) atoms. The fourth-order valence-electron chi connectivity index (χ4n) is 7.23. The second kappa shape index (κ2) is 18.5. The van der Waals surface area contributed by atoms with E-state index in [1.807, 2.05) is 24.3 Å². The Morgan fingerprint density at radius 2 is 1.36 bits per heavy atom. The van der Waals surface area contributed by atoms with Gasteiger partial charge in [0.05, 0.1) is 44.6 Å². The predicted molar refractivity (Wildman–Crippen MR) is 220 cm³/mol. The van der Waals surface area contributed by atoms with Crippen LogP contribution in [0.2, 0.25) is 23.2 Å². The average molecular weight is 761 g/mol. The third-order valence-corrected chi connectivity index (χ3v) is 20.5. The van der Waals surface area contributed by atoms with Gasteiger partial charge in [0.2, 0.25) is 0 Å². The minimum absolute atomic E-state index is 0.0335. The highest BCUT2D eigenvalue weighted by molar-refractivity contribution is 6.99. The Hall–Kier alpha value is -3.06. The van der Waals surface area contributed by atoms with E-state index in [0.29, 0.717) is 38.9 Å². The van der Waals surface area contributed by atoms with Gasteiger partial charge in [-0.25, -0.2) is 0 Å². The molecule has 0 aromatic heterocycles. The highest BCUT2D eigenvalue weighted by atomic mass is 28.4. The lowest BCUT2D eigenvalue weighted by atomic mass is 9.92. The second-order valence-corrected chi connectivity index (χ2v) is 26.3. The zero-order valence-corrected chi connectivity index (χ0v) is 35.7. The van der Waals surface area contributed by atoms with Crippen LogP contribution in [0, 0.1) is 0 Å². The van der Waals surface area contributed by atoms with Gasteiger partial charge in [-0.2, -0.15) is 0 Å². The molecule has 3 aromatic rings. The van der Waals surface area contributed by atoms with Gasteiger partial charge in [0.1, 0.15) is 5.75 Å². The van der Waals surface area contributed by atoms with Crippen molar-refractivity contribution >= 4 is 33.0 Å². The molecular weight excluding hydrogens is 697 g/mol. The fraction of sp³-hybridized carbons (Fsp3) is 0.523. The Kier molecular flexibility index (Phi) is 14.9. The second-order valence-electron chi connectivity index (χ2n) is 17.2. The van der Waals surface area contributed by atoms with E-state index in [-0.39, 0.29) is 34.8 Å². The molecule has 4 atom stereocenters. The first kappa shape index (κ1) is 42.7. The van der Waals surface area contributed by atoms with Crippen LogP contribution in [-0.4, -0.2) is 65.8 Å². The van der Waals surface area contributed by atoms with Crippen LogP contribution >= 0.6 is 0 Å². The van der Waals surface area contributed by atoms with Crippen molar-refractivity contribution in [2.75, 3.05) is 13.7 Å². The first-order valence-corrected chi connectivity index (χ1v) is 24.0. The molecule has 1 heterocycles. The topological polar surface area (TPSA) is 83.5 Å². The summed E-state index contributed by atoms with van der Waals surface area (Å²) >= 11 is 0. The molecule has 0 aliphatic carbocycles. The van der Waals surface area contributed by atoms with Gasteiger partial charge in [-0.3, -0.25) is 4.79 Å². The van der Waals surface area contributed by atoms with E-state index in [1.54, 1.807) is 7.11 Å². The van der Waals surface area contributed by atoms with Gasteiger partial charge in [-0.05, 0) is 76.9 Å². The maximum Gasteiger partial charge on any atom is 0.305 e. The molecule has 1 N–H and O–H groups in total. The summed E-state index contributed by atoms with van der Waals surface area (Å²) in [6.07, 6.45) is 2.40. The van der Waals surface area contributed by atoms with Gasteiger partial charge in [0, 0.05) is 13.0 Å². The molecule has 0 bridgehead atoms. The average Bonchev–Trinajstić information content (AvgIpc) is 3.08. The summed E-state index contributed by atoms with van der Waals surface area (Å²) in [5.74, 6) is -0.0457. The van der Waals surface area contributed by atoms with Crippen LogP contribution in [0.4, 0.5) is 0 Å². The molecule has 4 rings (SSSR count). The van der Waals surface area contributed by atoms with Crippen LogP contribution in [0.5, 0.6) is 5.75 Å². The Balaban J connectivity index is 1.56. The van der Waals surface area contributed by atoms with Gasteiger partial charge >= 0.3 is 5.97 Å². The Morgan fingerprint density at radius 3 is 1.83 bits per heavy atom. The number of aliphatic carboxylic acids is 1. The van der Waals surface area contributed by atoms with E-state index in [4.69, 9.17) is 23.1 Å². The molecule has 0 saturated carbocycles. The van der Waals surface area contributed by atoms with Crippen molar-refractivity contribution in [3.63, 3.8) is 0 Å². The number of rotatable bonds is 18. The summed E-state index contributed by atoms with van der Waals surface area (Å²) in [6.45, 7) is 23.1. The molecule has 4 unspecified atom stereocenters. The molecule has 290 valence electrons. The van der Waals surface area contributed by atoms with Crippen LogP contribution in [0.3, 0.4) is 0 Å². The Bertz CT molecular complexity index is 1540. The SMILES string of the molecule is C=C1CC(CC(CCO[Si](c2ccccc2)(c2ccccc2)C(C)(C)C)OCc2ccc(OC)cc2)OC(CC(CC(=O)O)O[Si](C)(C)C(C)(C)C)C1. The van der Waals surface area contributed by atoms with Crippen molar-refractivity contribution in [3.05, 3.63) is 103 Å². The van der Waals surface area contributed by atoms with E-state index in [0.717, 1.165) is 23.3 Å². The monoisotopic (exact) mass is 760 g/mol. The maximum absolute atomic E-state index is 11.9. The van der Waals surface area contributed by atoms with Crippen molar-refractivity contribution in [3.8, 4) is 5.75 Å². The molecule has 1 aliphatic rings. The molecule has 9 heteroatoms. The molecule has 0 radical (unpaired) electrons. The zero-order valence-electron chi connectivity index (χ0n) is 33.7. The molecule has 1 fully saturated rings. The van der Waals surface area contributed by atoms with E-state index in [9.17, 15) is 9.90 Å². The van der Waals surface area contributed by atoms with Gasteiger partial charge in [0.25, 0.3) is 8.32 Å². The van der Waals surface area contributed by atoms with Gasteiger partial charge in [-0.15, -0.1) is 0 Å². The fourth-order valence-corrected chi connectivity index (χ4v) is 13.2. The van der Waals surface area contributed by atoms with E-state index < -0.39 is 28.7 Å². The summed E-state index contributed by atoms with van der Waals surface area (Å²) in [5.41, 5.74) is 2.18. The van der Waals surface area contributed by atoms with E-state index in [1.165, 1.54) is 10.4 Å². The number of hydrogen-bond acceptors (Lipinski definition) is 6. The quantitative estimate of drug-likeness (QED) is 0.102. The summed E-state index contributed by atoms with van der Waals surface area (Å²) in [5, 5.41) is 12.1. The van der Waals surface area contributed by atoms with Crippen LogP contribution in [0.1, 0.15) is 85.6 Å². The minimum atomic E-state index is -2.73. The first-order valence-electron chi connectivity index (χ1n) is 19.1. The number of benzene rings is 3. The predicted octanol–water partition coefficient (Wildman–Crippen LogP) is 9.30. The molecule has 1 aliphatic heterocycles. The van der Waals surface area contributed by atoms with Crippen LogP contribution in [0.25, 0.3) is 0 Å². The smallest absolute Gasteiger partial charge is 0.305 e. The minimum Gasteiger partial charge on any atom is -0.497 e. The van der Waals surface area contributed by atoms with Crippen molar-refractivity contribution in [2.24, 2.45) is 0 Å². The van der Waals surface area contributed by atoms with Gasteiger partial charge < -0.3 is 28.2 Å². The summed E-state index contributed by atoms with van der Waals surface area (Å²) in [6, 6.07) is 29.4. The molecule has 0 spiro atoms. The largest absolute Gasteiger partial charge is 0.497 e. The third kappa shape index (κ3) is 11.7. The van der Waals surface area contributed by atoms with Gasteiger partial charge in [0.15, 0.2) is 8.32 Å². The molecule has 7 nitrogen and oxygen atoms in total. The van der Waals surface area contributed by atoms with Crippen LogP contribution in [0.15, 0.2) is 97.1 Å². The number of carbonyl (C=O) groups is 1. The first-order chi connectivity index (χ1) is 24.9. The summed E-state index contributed by atoms with van der Waals surface area (Å²) in [4.78, 5) is 11.9. The highest BCUT2D eigenvalue weighted by Gasteiger charge is 2.50. The Morgan fingerprint density at radius 1 is 0.830 bits per heavy atom. The van der Waals surface area contributed by atoms with Crippen molar-refractivity contribution in [1.82, 2.24) is 0 Å². The number of ether oxygens (including phenoxy) is 3. The van der Waals surface area contributed by atoms with E-state index >= 15 is 0 Å². The number of carboxylic acid groups (broad SMARTS) is 1. The van der Waals surface area contributed by atoms with Crippen molar-refractivity contribution in [2.45, 2.75) is 134 Å². The van der Waals surface area contributed by atoms with Gasteiger partial charge in [-0.1, -0.05) is 126 Å². The van der Waals surface area contributed by atoms with Crippen molar-refractivity contribution < 1.29 is 33.0 Å². The number of carboxylic acids is 1. The maximum atomic E-state index is 11.9. The van der Waals surface area contributed by atoms with Crippen molar-refractivity contribution in [1.29, 1.82) is 0 Å². The van der Waals surface area contributed by atoms with Crippen LogP contribution < -0.4 is 15.1 Å². The summed E-state index contributed by atoms with van der Waals surface area (Å²) < 4.78 is 32.8. The Labute approximate surface area is 321 Å².